The van der Waals surface area contributed by atoms with Gasteiger partial charge >= 0.3 is 5.97 Å². The Morgan fingerprint density at radius 3 is 2.81 bits per heavy atom. The predicted octanol–water partition coefficient (Wildman–Crippen LogP) is 1.06. The third-order valence-corrected chi connectivity index (χ3v) is 6.03. The molecule has 2 aliphatic heterocycles. The van der Waals surface area contributed by atoms with E-state index < -0.39 is 18.1 Å². The molecule has 21 heavy (non-hydrogen) atoms. The predicted molar refractivity (Wildman–Crippen MR) is 79.8 cm³/mol. The summed E-state index contributed by atoms with van der Waals surface area (Å²) in [5, 5.41) is 11.9. The van der Waals surface area contributed by atoms with Gasteiger partial charge in [-0.25, -0.2) is 4.79 Å². The highest BCUT2D eigenvalue weighted by atomic mass is 32.2. The van der Waals surface area contributed by atoms with E-state index in [9.17, 15) is 19.5 Å². The number of amides is 2. The van der Waals surface area contributed by atoms with Crippen molar-refractivity contribution in [1.29, 1.82) is 0 Å². The zero-order chi connectivity index (χ0) is 15.8. The third-order valence-electron chi connectivity index (χ3n) is 4.52. The molecule has 0 spiro atoms. The van der Waals surface area contributed by atoms with Gasteiger partial charge in [0.25, 0.3) is 0 Å². The van der Waals surface area contributed by atoms with Crippen molar-refractivity contribution in [3.63, 3.8) is 0 Å². The van der Waals surface area contributed by atoms with Crippen LogP contribution < -0.4 is 5.32 Å². The Hall–Kier alpha value is -1.24. The molecule has 2 N–H and O–H groups in total. The first-order valence-electron chi connectivity index (χ1n) is 7.29. The van der Waals surface area contributed by atoms with Gasteiger partial charge in [0, 0.05) is 12.2 Å². The summed E-state index contributed by atoms with van der Waals surface area (Å²) in [6.45, 7) is 5.66. The molecule has 2 fully saturated rings. The van der Waals surface area contributed by atoms with Gasteiger partial charge in [-0.1, -0.05) is 20.3 Å². The fraction of sp³-hybridized carbons (Fsp3) is 0.786. The van der Waals surface area contributed by atoms with Gasteiger partial charge in [-0.15, -0.1) is 11.8 Å². The van der Waals surface area contributed by atoms with E-state index in [4.69, 9.17) is 0 Å². The summed E-state index contributed by atoms with van der Waals surface area (Å²) >= 11 is 1.60. The molecular formula is C14H22N2O4S. The van der Waals surface area contributed by atoms with Gasteiger partial charge in [0.05, 0.1) is 4.87 Å². The standard InChI is InChI=1S/C14H22N2O4S/c1-4-8(2)11(13(19)20)15-12(18)9-7-21-14(3)6-5-10(17)16(9)14/h8-9,11H,4-7H2,1-3H3,(H,15,18)(H,19,20)/t8-,9?,11-,14?/m0/s1. The number of carbonyl (C=O) groups excluding carboxylic acids is 2. The van der Waals surface area contributed by atoms with Crippen LogP contribution in [0.15, 0.2) is 0 Å². The molecule has 0 saturated carbocycles. The molecule has 0 aromatic carbocycles. The van der Waals surface area contributed by atoms with Gasteiger partial charge in [-0.2, -0.15) is 0 Å². The number of fused-ring (bicyclic) bond motifs is 1. The molecule has 0 bridgehead atoms. The molecule has 2 unspecified atom stereocenters. The molecule has 4 atom stereocenters. The average Bonchev–Trinajstić information content (AvgIpc) is 2.92. The van der Waals surface area contributed by atoms with Crippen molar-refractivity contribution in [2.45, 2.75) is 57.0 Å². The lowest BCUT2D eigenvalue weighted by Crippen LogP contribution is -2.54. The molecular weight excluding hydrogens is 292 g/mol. The van der Waals surface area contributed by atoms with Crippen molar-refractivity contribution >= 4 is 29.5 Å². The molecule has 118 valence electrons. The van der Waals surface area contributed by atoms with Gasteiger partial charge in [-0.3, -0.25) is 9.59 Å². The Bertz CT molecular complexity index is 470. The number of hydrogen-bond acceptors (Lipinski definition) is 4. The first-order valence-corrected chi connectivity index (χ1v) is 8.28. The second-order valence-electron chi connectivity index (χ2n) is 5.98. The minimum Gasteiger partial charge on any atom is -0.480 e. The topological polar surface area (TPSA) is 86.7 Å². The molecule has 2 heterocycles. The molecule has 0 radical (unpaired) electrons. The average molecular weight is 314 g/mol. The Morgan fingerprint density at radius 1 is 1.57 bits per heavy atom. The van der Waals surface area contributed by atoms with Crippen molar-refractivity contribution in [2.24, 2.45) is 5.92 Å². The Balaban J connectivity index is 2.10. The molecule has 2 amide bonds. The van der Waals surface area contributed by atoms with E-state index in [0.717, 1.165) is 6.42 Å². The smallest absolute Gasteiger partial charge is 0.326 e. The van der Waals surface area contributed by atoms with Crippen molar-refractivity contribution in [3.05, 3.63) is 0 Å². The van der Waals surface area contributed by atoms with E-state index in [2.05, 4.69) is 5.32 Å². The van der Waals surface area contributed by atoms with E-state index in [1.165, 1.54) is 0 Å². The number of carbonyl (C=O) groups is 3. The van der Waals surface area contributed by atoms with Gasteiger partial charge in [0.15, 0.2) is 0 Å². The van der Waals surface area contributed by atoms with Crippen LogP contribution in [0.1, 0.15) is 40.0 Å². The minimum absolute atomic E-state index is 0.0157. The normalized spacial score (nSPS) is 30.9. The first kappa shape index (κ1) is 16.1. The van der Waals surface area contributed by atoms with Crippen molar-refractivity contribution in [3.8, 4) is 0 Å². The zero-order valence-corrected chi connectivity index (χ0v) is 13.4. The Kier molecular flexibility index (Phi) is 4.51. The molecule has 6 nitrogen and oxygen atoms in total. The number of aliphatic carboxylic acids is 1. The summed E-state index contributed by atoms with van der Waals surface area (Å²) in [6, 6.07) is -1.46. The number of carboxylic acids is 1. The van der Waals surface area contributed by atoms with E-state index in [-0.39, 0.29) is 22.6 Å². The summed E-state index contributed by atoms with van der Waals surface area (Å²) in [6.07, 6.45) is 1.87. The molecule has 2 rings (SSSR count). The number of nitrogens with zero attached hydrogens (tertiary/aromatic N) is 1. The minimum atomic E-state index is -1.03. The Morgan fingerprint density at radius 2 is 2.24 bits per heavy atom. The van der Waals surface area contributed by atoms with Crippen LogP contribution >= 0.6 is 11.8 Å². The van der Waals surface area contributed by atoms with E-state index in [1.54, 1.807) is 23.6 Å². The summed E-state index contributed by atoms with van der Waals surface area (Å²) in [7, 11) is 0. The monoisotopic (exact) mass is 314 g/mol. The maximum Gasteiger partial charge on any atom is 0.326 e. The van der Waals surface area contributed by atoms with Crippen LogP contribution in [0.3, 0.4) is 0 Å². The van der Waals surface area contributed by atoms with Gasteiger partial charge in [0.1, 0.15) is 12.1 Å². The SMILES string of the molecule is CC[C@H](C)[C@H](NC(=O)C1CSC2(C)CCC(=O)N12)C(=O)O. The highest BCUT2D eigenvalue weighted by Crippen LogP contribution is 2.47. The first-order chi connectivity index (χ1) is 9.80. The van der Waals surface area contributed by atoms with Crippen molar-refractivity contribution < 1.29 is 19.5 Å². The number of thioether (sulfide) groups is 1. The summed E-state index contributed by atoms with van der Waals surface area (Å²) < 4.78 is 0. The highest BCUT2D eigenvalue weighted by molar-refractivity contribution is 8.01. The highest BCUT2D eigenvalue weighted by Gasteiger charge is 2.53. The summed E-state index contributed by atoms with van der Waals surface area (Å²) in [5.41, 5.74) is 0. The van der Waals surface area contributed by atoms with Crippen molar-refractivity contribution in [1.82, 2.24) is 10.2 Å². The van der Waals surface area contributed by atoms with Crippen LogP contribution in [0.2, 0.25) is 0 Å². The Labute approximate surface area is 128 Å². The van der Waals surface area contributed by atoms with E-state index in [1.807, 2.05) is 13.8 Å². The van der Waals surface area contributed by atoms with Crippen molar-refractivity contribution in [2.75, 3.05) is 5.75 Å². The van der Waals surface area contributed by atoms with Crippen LogP contribution in [-0.2, 0) is 14.4 Å². The van der Waals surface area contributed by atoms with Gasteiger partial charge in [0.2, 0.25) is 11.8 Å². The lowest BCUT2D eigenvalue weighted by molar-refractivity contribution is -0.145. The largest absolute Gasteiger partial charge is 0.480 e. The molecule has 0 aromatic heterocycles. The number of rotatable bonds is 5. The molecule has 0 aliphatic carbocycles. The maximum absolute atomic E-state index is 12.4. The second-order valence-corrected chi connectivity index (χ2v) is 7.48. The van der Waals surface area contributed by atoms with Crippen LogP contribution in [-0.4, -0.2) is 50.5 Å². The zero-order valence-electron chi connectivity index (χ0n) is 12.6. The fourth-order valence-corrected chi connectivity index (χ4v) is 4.38. The van der Waals surface area contributed by atoms with Crippen LogP contribution in [0.4, 0.5) is 0 Å². The number of carboxylic acid groups (broad SMARTS) is 1. The number of hydrogen-bond donors (Lipinski definition) is 2. The van der Waals surface area contributed by atoms with Gasteiger partial charge < -0.3 is 15.3 Å². The quantitative estimate of drug-likeness (QED) is 0.792. The van der Waals surface area contributed by atoms with Gasteiger partial charge in [-0.05, 0) is 19.3 Å². The number of nitrogens with one attached hydrogen (secondary N) is 1. The van der Waals surface area contributed by atoms with Crippen LogP contribution in [0, 0.1) is 5.92 Å². The second kappa shape index (κ2) is 5.87. The lowest BCUT2D eigenvalue weighted by Gasteiger charge is -2.31. The molecule has 7 heteroatoms. The molecule has 2 aliphatic rings. The van der Waals surface area contributed by atoms with Crippen LogP contribution in [0.5, 0.6) is 0 Å². The van der Waals surface area contributed by atoms with E-state index in [0.29, 0.717) is 18.6 Å². The summed E-state index contributed by atoms with van der Waals surface area (Å²) in [4.78, 5) is 37.1. The summed E-state index contributed by atoms with van der Waals surface area (Å²) in [5.74, 6) is -1.02. The fourth-order valence-electron chi connectivity index (χ4n) is 2.95. The third kappa shape index (κ3) is 2.88. The molecule has 2 saturated heterocycles. The lowest BCUT2D eigenvalue weighted by atomic mass is 9.99. The van der Waals surface area contributed by atoms with Crippen LogP contribution in [0.25, 0.3) is 0 Å². The maximum atomic E-state index is 12.4. The van der Waals surface area contributed by atoms with E-state index >= 15 is 0 Å². The molecule has 0 aromatic rings.